The molecule has 1 amide bonds. The van der Waals surface area contributed by atoms with Crippen molar-refractivity contribution in [3.63, 3.8) is 0 Å². The number of Topliss-reactive ketones (excluding diaryl/α,β-unsaturated/α-hetero) is 1. The average molecular weight is 454 g/mol. The Morgan fingerprint density at radius 2 is 2.03 bits per heavy atom. The number of hydrogen-bond donors (Lipinski definition) is 0. The van der Waals surface area contributed by atoms with Gasteiger partial charge >= 0.3 is 0 Å². The van der Waals surface area contributed by atoms with Crippen molar-refractivity contribution in [1.82, 2.24) is 10.2 Å². The van der Waals surface area contributed by atoms with Crippen LogP contribution in [0.2, 0.25) is 0 Å². The summed E-state index contributed by atoms with van der Waals surface area (Å²) >= 11 is 1.39. The Morgan fingerprint density at radius 3 is 2.78 bits per heavy atom. The molecule has 2 aliphatic heterocycles. The molecule has 0 spiro atoms. The number of carbonyl (C=O) groups is 2. The van der Waals surface area contributed by atoms with E-state index in [1.165, 1.54) is 11.3 Å². The molecule has 1 aromatic carbocycles. The van der Waals surface area contributed by atoms with E-state index in [-0.39, 0.29) is 35.4 Å². The highest BCUT2D eigenvalue weighted by Gasteiger charge is 2.53. The number of rotatable bonds is 5. The van der Waals surface area contributed by atoms with Gasteiger partial charge in [-0.15, -0.1) is 10.2 Å². The van der Waals surface area contributed by atoms with Gasteiger partial charge in [-0.1, -0.05) is 43.7 Å². The van der Waals surface area contributed by atoms with Crippen LogP contribution in [0, 0.1) is 5.92 Å². The van der Waals surface area contributed by atoms with Crippen molar-refractivity contribution < 1.29 is 19.1 Å². The molecular formula is C24H27N3O4S. The summed E-state index contributed by atoms with van der Waals surface area (Å²) in [6.07, 6.45) is 3.42. The highest BCUT2D eigenvalue weighted by atomic mass is 32.1. The molecule has 168 valence electrons. The van der Waals surface area contributed by atoms with Crippen molar-refractivity contribution in [3.8, 4) is 5.75 Å². The van der Waals surface area contributed by atoms with Crippen molar-refractivity contribution in [2.75, 3.05) is 11.5 Å². The maximum Gasteiger partial charge on any atom is 0.296 e. The van der Waals surface area contributed by atoms with Crippen molar-refractivity contribution in [1.29, 1.82) is 0 Å². The highest BCUT2D eigenvalue weighted by Crippen LogP contribution is 2.49. The third kappa shape index (κ3) is 3.41. The van der Waals surface area contributed by atoms with Crippen molar-refractivity contribution >= 4 is 28.2 Å². The maximum absolute atomic E-state index is 13.7. The fourth-order valence-electron chi connectivity index (χ4n) is 4.86. The molecule has 1 fully saturated rings. The second kappa shape index (κ2) is 8.31. The minimum absolute atomic E-state index is 0.0345. The first-order valence-corrected chi connectivity index (χ1v) is 12.2. The van der Waals surface area contributed by atoms with E-state index in [4.69, 9.17) is 9.47 Å². The van der Waals surface area contributed by atoms with Crippen LogP contribution in [0.1, 0.15) is 69.0 Å². The molecule has 3 aliphatic rings. The van der Waals surface area contributed by atoms with Crippen LogP contribution in [-0.2, 0) is 14.3 Å². The summed E-state index contributed by atoms with van der Waals surface area (Å²) in [7, 11) is 0. The second-order valence-electron chi connectivity index (χ2n) is 8.82. The number of aromatic nitrogens is 2. The van der Waals surface area contributed by atoms with Gasteiger partial charge < -0.3 is 9.47 Å². The zero-order chi connectivity index (χ0) is 22.4. The molecule has 3 unspecified atom stereocenters. The maximum atomic E-state index is 13.7. The summed E-state index contributed by atoms with van der Waals surface area (Å²) in [4.78, 5) is 28.9. The van der Waals surface area contributed by atoms with E-state index in [0.29, 0.717) is 23.1 Å². The van der Waals surface area contributed by atoms with Gasteiger partial charge in [-0.2, -0.15) is 0 Å². The molecule has 0 N–H and O–H groups in total. The lowest BCUT2D eigenvalue weighted by atomic mass is 9.77. The van der Waals surface area contributed by atoms with E-state index in [1.807, 2.05) is 45.0 Å². The standard InChI is InChI=1S/C24H27N3O4S/c1-4-30-15-9-7-8-14(12-15)19-18-20(28)16-10-5-6-11-17(16)31-21(18)23(29)27(19)24-26-25-22(32-24)13(2)3/h7-9,12-13,16-17,19H,4-6,10-11H2,1-3H3. The van der Waals surface area contributed by atoms with E-state index in [0.717, 1.165) is 36.3 Å². The van der Waals surface area contributed by atoms with Gasteiger partial charge in [0.05, 0.1) is 24.1 Å². The van der Waals surface area contributed by atoms with Crippen molar-refractivity contribution in [2.24, 2.45) is 5.92 Å². The summed E-state index contributed by atoms with van der Waals surface area (Å²) in [6, 6.07) is 6.99. The third-order valence-corrected chi connectivity index (χ3v) is 7.60. The Morgan fingerprint density at radius 1 is 1.22 bits per heavy atom. The van der Waals surface area contributed by atoms with E-state index in [2.05, 4.69) is 10.2 Å². The van der Waals surface area contributed by atoms with Gasteiger partial charge in [-0.25, -0.2) is 0 Å². The Bertz CT molecular complexity index is 1090. The first-order valence-electron chi connectivity index (χ1n) is 11.3. The number of anilines is 1. The fourth-order valence-corrected chi connectivity index (χ4v) is 5.73. The van der Waals surface area contributed by atoms with Crippen LogP contribution in [0.4, 0.5) is 5.13 Å². The topological polar surface area (TPSA) is 81.6 Å². The van der Waals surface area contributed by atoms with E-state index in [1.54, 1.807) is 4.90 Å². The molecule has 3 heterocycles. The molecule has 1 saturated carbocycles. The summed E-state index contributed by atoms with van der Waals surface area (Å²) < 4.78 is 11.9. The van der Waals surface area contributed by atoms with Gasteiger partial charge in [0.25, 0.3) is 5.91 Å². The zero-order valence-electron chi connectivity index (χ0n) is 18.5. The Labute approximate surface area is 191 Å². The monoisotopic (exact) mass is 453 g/mol. The average Bonchev–Trinajstić information content (AvgIpc) is 3.38. The molecule has 3 atom stereocenters. The lowest BCUT2D eigenvalue weighted by Gasteiger charge is -2.35. The molecule has 8 heteroatoms. The first kappa shape index (κ1) is 21.1. The number of ether oxygens (including phenoxy) is 2. The molecule has 0 bridgehead atoms. The van der Waals surface area contributed by atoms with Crippen LogP contribution in [-0.4, -0.2) is 34.6 Å². The molecule has 7 nitrogen and oxygen atoms in total. The number of carbonyl (C=O) groups excluding carboxylic acids is 2. The Balaban J connectivity index is 1.63. The smallest absolute Gasteiger partial charge is 0.296 e. The highest BCUT2D eigenvalue weighted by molar-refractivity contribution is 7.15. The fraction of sp³-hybridized carbons (Fsp3) is 0.500. The van der Waals surface area contributed by atoms with E-state index < -0.39 is 6.04 Å². The number of hydrogen-bond acceptors (Lipinski definition) is 7. The molecule has 1 aliphatic carbocycles. The van der Waals surface area contributed by atoms with Gasteiger partial charge in [0, 0.05) is 5.92 Å². The van der Waals surface area contributed by atoms with Crippen LogP contribution in [0.15, 0.2) is 35.6 Å². The second-order valence-corrected chi connectivity index (χ2v) is 9.80. The molecule has 0 radical (unpaired) electrons. The summed E-state index contributed by atoms with van der Waals surface area (Å²) in [6.45, 7) is 6.54. The number of amides is 1. The SMILES string of the molecule is CCOc1cccc(C2C3=C(OC4CCCCC4C3=O)C(=O)N2c2nnc(C(C)C)s2)c1. The summed E-state index contributed by atoms with van der Waals surface area (Å²) in [5.74, 6) is 0.621. The number of nitrogens with zero attached hydrogens (tertiary/aromatic N) is 3. The third-order valence-electron chi connectivity index (χ3n) is 6.38. The van der Waals surface area contributed by atoms with Gasteiger partial charge in [0.15, 0.2) is 11.5 Å². The van der Waals surface area contributed by atoms with Gasteiger partial charge in [-0.05, 0) is 43.9 Å². The van der Waals surface area contributed by atoms with Crippen LogP contribution >= 0.6 is 11.3 Å². The molecule has 2 aromatic rings. The minimum atomic E-state index is -0.596. The summed E-state index contributed by atoms with van der Waals surface area (Å²) in [5, 5.41) is 9.94. The molecule has 1 aromatic heterocycles. The molecule has 0 saturated heterocycles. The Kier molecular flexibility index (Phi) is 5.49. The lowest BCUT2D eigenvalue weighted by Crippen LogP contribution is -2.39. The van der Waals surface area contributed by atoms with Gasteiger partial charge in [0.1, 0.15) is 16.9 Å². The molecule has 5 rings (SSSR count). The van der Waals surface area contributed by atoms with Crippen LogP contribution < -0.4 is 9.64 Å². The first-order chi connectivity index (χ1) is 15.5. The van der Waals surface area contributed by atoms with Crippen LogP contribution in [0.5, 0.6) is 5.75 Å². The summed E-state index contributed by atoms with van der Waals surface area (Å²) in [5.41, 5.74) is 1.26. The minimum Gasteiger partial charge on any atom is -0.494 e. The number of fused-ring (bicyclic) bond motifs is 1. The predicted octanol–water partition coefficient (Wildman–Crippen LogP) is 4.56. The predicted molar refractivity (Wildman–Crippen MR) is 121 cm³/mol. The largest absolute Gasteiger partial charge is 0.494 e. The van der Waals surface area contributed by atoms with E-state index in [9.17, 15) is 9.59 Å². The number of ketones is 1. The quantitative estimate of drug-likeness (QED) is 0.660. The molecule has 32 heavy (non-hydrogen) atoms. The lowest BCUT2D eigenvalue weighted by molar-refractivity contribution is -0.131. The van der Waals surface area contributed by atoms with Gasteiger partial charge in [0.2, 0.25) is 5.13 Å². The molecular weight excluding hydrogens is 426 g/mol. The number of benzene rings is 1. The van der Waals surface area contributed by atoms with Crippen LogP contribution in [0.25, 0.3) is 0 Å². The normalized spacial score (nSPS) is 25.1. The van der Waals surface area contributed by atoms with Crippen molar-refractivity contribution in [3.05, 3.63) is 46.2 Å². The Hall–Kier alpha value is -2.74. The van der Waals surface area contributed by atoms with Crippen molar-refractivity contribution in [2.45, 2.75) is 64.5 Å². The van der Waals surface area contributed by atoms with Crippen LogP contribution in [0.3, 0.4) is 0 Å². The zero-order valence-corrected chi connectivity index (χ0v) is 19.4. The van der Waals surface area contributed by atoms with E-state index >= 15 is 0 Å². The van der Waals surface area contributed by atoms with Gasteiger partial charge in [-0.3, -0.25) is 14.5 Å².